The lowest BCUT2D eigenvalue weighted by molar-refractivity contribution is -0.138. The molecule has 0 saturated carbocycles. The van der Waals surface area contributed by atoms with Crippen molar-refractivity contribution in [2.75, 3.05) is 0 Å². The van der Waals surface area contributed by atoms with Crippen LogP contribution >= 0.6 is 0 Å². The summed E-state index contributed by atoms with van der Waals surface area (Å²) in [6.07, 6.45) is 16.1. The summed E-state index contributed by atoms with van der Waals surface area (Å²) < 4.78 is 0. The van der Waals surface area contributed by atoms with Crippen molar-refractivity contribution < 1.29 is 9.90 Å². The summed E-state index contributed by atoms with van der Waals surface area (Å²) >= 11 is 0. The molecule has 0 radical (unpaired) electrons. The van der Waals surface area contributed by atoms with E-state index in [2.05, 4.69) is 26.0 Å². The van der Waals surface area contributed by atoms with Gasteiger partial charge in [-0.05, 0) is 31.1 Å². The van der Waals surface area contributed by atoms with Gasteiger partial charge in [-0.15, -0.1) is 0 Å². The fourth-order valence-electron chi connectivity index (χ4n) is 2.47. The summed E-state index contributed by atoms with van der Waals surface area (Å²) in [5, 5.41) is 8.70. The van der Waals surface area contributed by atoms with Gasteiger partial charge in [-0.1, -0.05) is 71.4 Å². The lowest BCUT2D eigenvalue weighted by Crippen LogP contribution is -2.04. The number of unbranched alkanes of at least 4 members (excludes halogenated alkanes) is 4. The van der Waals surface area contributed by atoms with E-state index in [0.29, 0.717) is 12.3 Å². The van der Waals surface area contributed by atoms with Crippen LogP contribution in [0.15, 0.2) is 12.2 Å². The van der Waals surface area contributed by atoms with E-state index < -0.39 is 5.97 Å². The maximum absolute atomic E-state index is 10.6. The lowest BCUT2D eigenvalue weighted by atomic mass is 9.95. The Balaban J connectivity index is 3.46. The molecule has 0 bridgehead atoms. The van der Waals surface area contributed by atoms with Crippen molar-refractivity contribution in [2.24, 2.45) is 11.8 Å². The quantitative estimate of drug-likeness (QED) is 0.341. The Hall–Kier alpha value is -0.790. The molecule has 0 heterocycles. The summed E-state index contributed by atoms with van der Waals surface area (Å²) in [6.45, 7) is 6.58. The molecule has 0 spiro atoms. The molecule has 20 heavy (non-hydrogen) atoms. The molecule has 0 saturated heterocycles. The average Bonchev–Trinajstić information content (AvgIpc) is 2.36. The fourth-order valence-corrected chi connectivity index (χ4v) is 2.47. The van der Waals surface area contributed by atoms with Crippen LogP contribution in [0.4, 0.5) is 0 Å². The monoisotopic (exact) mass is 282 g/mol. The van der Waals surface area contributed by atoms with Crippen LogP contribution in [-0.4, -0.2) is 11.1 Å². The van der Waals surface area contributed by atoms with Gasteiger partial charge in [-0.3, -0.25) is 4.79 Å². The standard InChI is InChI=1S/C18H34O2/c1-4-5-6-7-8-9-10-12-16(2)13-11-14-17(3)15-18(19)20/h9-10,16-17H,4-8,11-15H2,1-3H3,(H,19,20)/b10-9+. The molecule has 0 aliphatic carbocycles. The van der Waals surface area contributed by atoms with Crippen molar-refractivity contribution in [3.63, 3.8) is 0 Å². The fraction of sp³-hybridized carbons (Fsp3) is 0.833. The van der Waals surface area contributed by atoms with Gasteiger partial charge in [0.2, 0.25) is 0 Å². The van der Waals surface area contributed by atoms with Crippen molar-refractivity contribution in [3.8, 4) is 0 Å². The molecule has 2 atom stereocenters. The second-order valence-electron chi connectivity index (χ2n) is 6.30. The minimum absolute atomic E-state index is 0.312. The highest BCUT2D eigenvalue weighted by atomic mass is 16.4. The third-order valence-electron chi connectivity index (χ3n) is 3.85. The van der Waals surface area contributed by atoms with Crippen molar-refractivity contribution in [2.45, 2.75) is 85.0 Å². The summed E-state index contributed by atoms with van der Waals surface area (Å²) in [6, 6.07) is 0. The first-order valence-electron chi connectivity index (χ1n) is 8.43. The van der Waals surface area contributed by atoms with Crippen LogP contribution in [0.1, 0.15) is 85.0 Å². The predicted molar refractivity (Wildman–Crippen MR) is 86.9 cm³/mol. The Labute approximate surface area is 125 Å². The molecule has 2 nitrogen and oxygen atoms in total. The van der Waals surface area contributed by atoms with Crippen molar-refractivity contribution >= 4 is 5.97 Å². The van der Waals surface area contributed by atoms with E-state index in [1.165, 1.54) is 44.9 Å². The molecule has 0 aromatic heterocycles. The second-order valence-corrected chi connectivity index (χ2v) is 6.30. The molecular weight excluding hydrogens is 248 g/mol. The molecule has 1 N–H and O–H groups in total. The predicted octanol–water partition coefficient (Wildman–Crippen LogP) is 5.82. The first kappa shape index (κ1) is 19.2. The zero-order chi connectivity index (χ0) is 15.2. The zero-order valence-electron chi connectivity index (χ0n) is 13.7. The number of carboxylic acids is 1. The number of carbonyl (C=O) groups is 1. The van der Waals surface area contributed by atoms with Crippen LogP contribution in [0.2, 0.25) is 0 Å². The molecule has 0 aliphatic heterocycles. The maximum atomic E-state index is 10.6. The largest absolute Gasteiger partial charge is 0.481 e. The van der Waals surface area contributed by atoms with Gasteiger partial charge < -0.3 is 5.11 Å². The Morgan fingerprint density at radius 3 is 2.35 bits per heavy atom. The normalized spacial score (nSPS) is 14.6. The number of hydrogen-bond donors (Lipinski definition) is 1. The minimum Gasteiger partial charge on any atom is -0.481 e. The van der Waals surface area contributed by atoms with Gasteiger partial charge >= 0.3 is 5.97 Å². The van der Waals surface area contributed by atoms with Crippen molar-refractivity contribution in [1.29, 1.82) is 0 Å². The molecule has 0 aromatic rings. The molecular formula is C18H34O2. The number of allylic oxidation sites excluding steroid dienone is 2. The Kier molecular flexibility index (Phi) is 12.7. The van der Waals surface area contributed by atoms with Crippen molar-refractivity contribution in [3.05, 3.63) is 12.2 Å². The van der Waals surface area contributed by atoms with Gasteiger partial charge in [0.05, 0.1) is 0 Å². The van der Waals surface area contributed by atoms with Gasteiger partial charge in [0.25, 0.3) is 0 Å². The third-order valence-corrected chi connectivity index (χ3v) is 3.85. The van der Waals surface area contributed by atoms with Gasteiger partial charge in [0.1, 0.15) is 0 Å². The van der Waals surface area contributed by atoms with Gasteiger partial charge in [0, 0.05) is 6.42 Å². The summed E-state index contributed by atoms with van der Waals surface area (Å²) in [5.41, 5.74) is 0. The number of hydrogen-bond acceptors (Lipinski definition) is 1. The van der Waals surface area contributed by atoms with Gasteiger partial charge in [-0.25, -0.2) is 0 Å². The van der Waals surface area contributed by atoms with Crippen LogP contribution in [0.5, 0.6) is 0 Å². The smallest absolute Gasteiger partial charge is 0.303 e. The molecule has 0 aliphatic rings. The van der Waals surface area contributed by atoms with Crippen LogP contribution in [0.3, 0.4) is 0 Å². The average molecular weight is 282 g/mol. The highest BCUT2D eigenvalue weighted by Crippen LogP contribution is 2.18. The molecule has 2 unspecified atom stereocenters. The lowest BCUT2D eigenvalue weighted by Gasteiger charge is -2.11. The Bertz CT molecular complexity index is 258. The highest BCUT2D eigenvalue weighted by molar-refractivity contribution is 5.66. The number of rotatable bonds is 13. The summed E-state index contributed by atoms with van der Waals surface area (Å²) in [7, 11) is 0. The van der Waals surface area contributed by atoms with Crippen LogP contribution in [0, 0.1) is 11.8 Å². The number of carboxylic acid groups (broad SMARTS) is 1. The summed E-state index contributed by atoms with van der Waals surface area (Å²) in [4.78, 5) is 10.6. The van der Waals surface area contributed by atoms with E-state index in [4.69, 9.17) is 5.11 Å². The second kappa shape index (κ2) is 13.2. The molecule has 0 aromatic carbocycles. The van der Waals surface area contributed by atoms with E-state index in [9.17, 15) is 4.79 Å². The zero-order valence-corrected chi connectivity index (χ0v) is 13.7. The molecule has 118 valence electrons. The van der Waals surface area contributed by atoms with E-state index in [1.54, 1.807) is 0 Å². The first-order chi connectivity index (χ1) is 9.56. The van der Waals surface area contributed by atoms with Crippen molar-refractivity contribution in [1.82, 2.24) is 0 Å². The van der Waals surface area contributed by atoms with E-state index >= 15 is 0 Å². The Morgan fingerprint density at radius 2 is 1.70 bits per heavy atom. The molecule has 0 fully saturated rings. The van der Waals surface area contributed by atoms with E-state index in [0.717, 1.165) is 18.8 Å². The molecule has 0 amide bonds. The molecule has 0 rings (SSSR count). The topological polar surface area (TPSA) is 37.3 Å². The van der Waals surface area contributed by atoms with Gasteiger partial charge in [-0.2, -0.15) is 0 Å². The Morgan fingerprint density at radius 1 is 1.00 bits per heavy atom. The third kappa shape index (κ3) is 13.6. The van der Waals surface area contributed by atoms with Crippen LogP contribution in [0.25, 0.3) is 0 Å². The maximum Gasteiger partial charge on any atom is 0.303 e. The van der Waals surface area contributed by atoms with Crippen LogP contribution in [-0.2, 0) is 4.79 Å². The molecule has 2 heteroatoms. The highest BCUT2D eigenvalue weighted by Gasteiger charge is 2.08. The number of aliphatic carboxylic acids is 1. The van der Waals surface area contributed by atoms with Gasteiger partial charge in [0.15, 0.2) is 0 Å². The van der Waals surface area contributed by atoms with E-state index in [-0.39, 0.29) is 0 Å². The van der Waals surface area contributed by atoms with E-state index in [1.807, 2.05) is 6.92 Å². The van der Waals surface area contributed by atoms with Crippen LogP contribution < -0.4 is 0 Å². The summed E-state index contributed by atoms with van der Waals surface area (Å²) in [5.74, 6) is 0.365. The minimum atomic E-state index is -0.670. The SMILES string of the molecule is CCCCCC/C=C/CC(C)CCCC(C)CC(=O)O. The first-order valence-corrected chi connectivity index (χ1v) is 8.43.